The van der Waals surface area contributed by atoms with E-state index in [-0.39, 0.29) is 29.8 Å². The highest BCUT2D eigenvalue weighted by molar-refractivity contribution is 6.31. The molecule has 3 amide bonds. The van der Waals surface area contributed by atoms with E-state index in [0.29, 0.717) is 34.1 Å². The van der Waals surface area contributed by atoms with Gasteiger partial charge in [0.25, 0.3) is 5.91 Å². The second-order valence-corrected chi connectivity index (χ2v) is 8.47. The van der Waals surface area contributed by atoms with Crippen LogP contribution in [-0.4, -0.2) is 38.5 Å². The number of hydrogen-bond acceptors (Lipinski definition) is 5. The topological polar surface area (TPSA) is 97.0 Å². The maximum Gasteiger partial charge on any atom is 0.255 e. The molecule has 1 aliphatic heterocycles. The molecule has 1 heterocycles. The van der Waals surface area contributed by atoms with E-state index in [9.17, 15) is 18.8 Å². The van der Waals surface area contributed by atoms with Gasteiger partial charge >= 0.3 is 0 Å². The van der Waals surface area contributed by atoms with Gasteiger partial charge < -0.3 is 25.0 Å². The van der Waals surface area contributed by atoms with Gasteiger partial charge in [-0.3, -0.25) is 14.4 Å². The Morgan fingerprint density at radius 3 is 2.22 bits per heavy atom. The fraction of sp³-hybridized carbons (Fsp3) is 0.192. The molecule has 8 nitrogen and oxygen atoms in total. The molecule has 10 heteroatoms. The van der Waals surface area contributed by atoms with Gasteiger partial charge in [0.2, 0.25) is 11.8 Å². The van der Waals surface area contributed by atoms with E-state index >= 15 is 0 Å². The Kier molecular flexibility index (Phi) is 7.40. The highest BCUT2D eigenvalue weighted by atomic mass is 35.5. The fourth-order valence-electron chi connectivity index (χ4n) is 3.90. The predicted octanol–water partition coefficient (Wildman–Crippen LogP) is 4.74. The number of rotatable bonds is 7. The number of nitrogens with one attached hydrogen (secondary N) is 2. The van der Waals surface area contributed by atoms with Crippen LogP contribution in [0.1, 0.15) is 16.8 Å². The molecule has 1 fully saturated rings. The molecular formula is C26H23ClFN3O5. The van der Waals surface area contributed by atoms with Crippen LogP contribution in [0.5, 0.6) is 11.5 Å². The lowest BCUT2D eigenvalue weighted by Crippen LogP contribution is -2.28. The number of carbonyl (C=O) groups is 3. The van der Waals surface area contributed by atoms with Gasteiger partial charge in [0.15, 0.2) is 0 Å². The Hall–Kier alpha value is -4.11. The van der Waals surface area contributed by atoms with E-state index in [1.165, 1.54) is 43.4 Å². The van der Waals surface area contributed by atoms with Crippen molar-refractivity contribution >= 4 is 46.4 Å². The number of benzene rings is 3. The van der Waals surface area contributed by atoms with Gasteiger partial charge in [-0.15, -0.1) is 0 Å². The molecule has 3 aromatic rings. The molecule has 186 valence electrons. The standard InChI is InChI=1S/C26H23ClFN3O5/c1-35-22-13-21(23(36-2)12-20(22)29-25(33)15-6-4-3-5-7-15)30-26(34)16-10-24(32)31(14-16)17-8-9-19(28)18(27)11-17/h3-9,11-13,16H,10,14H2,1-2H3,(H,29,33)(H,30,34). The van der Waals surface area contributed by atoms with Gasteiger partial charge in [0, 0.05) is 36.3 Å². The zero-order chi connectivity index (χ0) is 25.8. The number of anilines is 3. The van der Waals surface area contributed by atoms with Gasteiger partial charge in [-0.2, -0.15) is 0 Å². The fourth-order valence-corrected chi connectivity index (χ4v) is 4.07. The van der Waals surface area contributed by atoms with Crippen molar-refractivity contribution in [3.8, 4) is 11.5 Å². The third-order valence-electron chi connectivity index (χ3n) is 5.77. The maximum atomic E-state index is 13.5. The monoisotopic (exact) mass is 511 g/mol. The quantitative estimate of drug-likeness (QED) is 0.477. The van der Waals surface area contributed by atoms with E-state index < -0.39 is 17.6 Å². The molecule has 0 aromatic heterocycles. The molecule has 0 saturated carbocycles. The first-order chi connectivity index (χ1) is 17.3. The predicted molar refractivity (Wildman–Crippen MR) is 134 cm³/mol. The maximum absolute atomic E-state index is 13.5. The van der Waals surface area contributed by atoms with Crippen molar-refractivity contribution in [3.05, 3.63) is 77.1 Å². The molecule has 1 aliphatic rings. The number of halogens is 2. The number of ether oxygens (including phenoxy) is 2. The van der Waals surface area contributed by atoms with Gasteiger partial charge in [-0.25, -0.2) is 4.39 Å². The zero-order valence-corrected chi connectivity index (χ0v) is 20.3. The molecule has 0 spiro atoms. The third kappa shape index (κ3) is 5.26. The summed E-state index contributed by atoms with van der Waals surface area (Å²) in [5.74, 6) is -1.67. The molecular weight excluding hydrogens is 489 g/mol. The van der Waals surface area contributed by atoms with E-state index in [0.717, 1.165) is 0 Å². The van der Waals surface area contributed by atoms with Crippen molar-refractivity contribution in [2.24, 2.45) is 5.92 Å². The normalized spacial score (nSPS) is 14.9. The summed E-state index contributed by atoms with van der Waals surface area (Å²) in [6.45, 7) is 0.108. The lowest BCUT2D eigenvalue weighted by molar-refractivity contribution is -0.122. The molecule has 0 bridgehead atoms. The lowest BCUT2D eigenvalue weighted by Gasteiger charge is -2.18. The highest BCUT2D eigenvalue weighted by Gasteiger charge is 2.35. The summed E-state index contributed by atoms with van der Waals surface area (Å²) in [5.41, 5.74) is 1.55. The first kappa shape index (κ1) is 25.0. The number of nitrogens with zero attached hydrogens (tertiary/aromatic N) is 1. The SMILES string of the molecule is COc1cc(NC(=O)C2CC(=O)N(c3ccc(F)c(Cl)c3)C2)c(OC)cc1NC(=O)c1ccccc1. The van der Waals surface area contributed by atoms with Crippen LogP contribution in [0.2, 0.25) is 5.02 Å². The molecule has 1 atom stereocenters. The van der Waals surface area contributed by atoms with Crippen LogP contribution in [0.4, 0.5) is 21.5 Å². The molecule has 1 unspecified atom stereocenters. The van der Waals surface area contributed by atoms with Gasteiger partial charge in [-0.05, 0) is 30.3 Å². The first-order valence-electron chi connectivity index (χ1n) is 11.0. The van der Waals surface area contributed by atoms with Crippen molar-refractivity contribution in [1.82, 2.24) is 0 Å². The number of methoxy groups -OCH3 is 2. The highest BCUT2D eigenvalue weighted by Crippen LogP contribution is 2.37. The third-order valence-corrected chi connectivity index (χ3v) is 6.06. The molecule has 4 rings (SSSR count). The van der Waals surface area contributed by atoms with Crippen LogP contribution in [0, 0.1) is 11.7 Å². The summed E-state index contributed by atoms with van der Waals surface area (Å²) in [5, 5.41) is 5.46. The Labute approximate surface area is 211 Å². The van der Waals surface area contributed by atoms with Crippen LogP contribution in [-0.2, 0) is 9.59 Å². The first-order valence-corrected chi connectivity index (χ1v) is 11.4. The lowest BCUT2D eigenvalue weighted by atomic mass is 10.1. The van der Waals surface area contributed by atoms with Crippen molar-refractivity contribution in [2.75, 3.05) is 36.3 Å². The van der Waals surface area contributed by atoms with Crippen LogP contribution in [0.25, 0.3) is 0 Å². The van der Waals surface area contributed by atoms with Crippen LogP contribution >= 0.6 is 11.6 Å². The second-order valence-electron chi connectivity index (χ2n) is 8.07. The van der Waals surface area contributed by atoms with Gasteiger partial charge in [-0.1, -0.05) is 29.8 Å². The average molecular weight is 512 g/mol. The van der Waals surface area contributed by atoms with Crippen molar-refractivity contribution < 1.29 is 28.2 Å². The van der Waals surface area contributed by atoms with Crippen molar-refractivity contribution in [3.63, 3.8) is 0 Å². The number of amides is 3. The Morgan fingerprint density at radius 2 is 1.61 bits per heavy atom. The summed E-state index contributed by atoms with van der Waals surface area (Å²) in [6.07, 6.45) is -0.0223. The van der Waals surface area contributed by atoms with E-state index in [4.69, 9.17) is 21.1 Å². The molecule has 0 radical (unpaired) electrons. The molecule has 36 heavy (non-hydrogen) atoms. The summed E-state index contributed by atoms with van der Waals surface area (Å²) in [6, 6.07) is 15.7. The summed E-state index contributed by atoms with van der Waals surface area (Å²) >= 11 is 5.84. The van der Waals surface area contributed by atoms with Crippen LogP contribution in [0.3, 0.4) is 0 Å². The van der Waals surface area contributed by atoms with E-state index in [1.54, 1.807) is 30.3 Å². The van der Waals surface area contributed by atoms with E-state index in [2.05, 4.69) is 10.6 Å². The number of carbonyl (C=O) groups excluding carboxylic acids is 3. The Morgan fingerprint density at radius 1 is 0.972 bits per heavy atom. The summed E-state index contributed by atoms with van der Waals surface area (Å²) in [4.78, 5) is 39.6. The number of hydrogen-bond donors (Lipinski definition) is 2. The van der Waals surface area contributed by atoms with Gasteiger partial charge in [0.1, 0.15) is 17.3 Å². The van der Waals surface area contributed by atoms with Crippen LogP contribution in [0.15, 0.2) is 60.7 Å². The Balaban J connectivity index is 1.51. The largest absolute Gasteiger partial charge is 0.494 e. The Bertz CT molecular complexity index is 1320. The van der Waals surface area contributed by atoms with Crippen molar-refractivity contribution in [2.45, 2.75) is 6.42 Å². The minimum absolute atomic E-state index is 0.0223. The molecule has 0 aliphatic carbocycles. The minimum Gasteiger partial charge on any atom is -0.494 e. The van der Waals surface area contributed by atoms with Gasteiger partial charge in [0.05, 0.1) is 36.5 Å². The molecule has 3 aromatic carbocycles. The summed E-state index contributed by atoms with van der Waals surface area (Å²) < 4.78 is 24.3. The second kappa shape index (κ2) is 10.7. The molecule has 2 N–H and O–H groups in total. The van der Waals surface area contributed by atoms with Crippen molar-refractivity contribution in [1.29, 1.82) is 0 Å². The summed E-state index contributed by atoms with van der Waals surface area (Å²) in [7, 11) is 2.87. The molecule has 1 saturated heterocycles. The minimum atomic E-state index is -0.658. The average Bonchev–Trinajstić information content (AvgIpc) is 3.28. The zero-order valence-electron chi connectivity index (χ0n) is 19.5. The van der Waals surface area contributed by atoms with E-state index in [1.807, 2.05) is 6.07 Å². The van der Waals surface area contributed by atoms with Crippen LogP contribution < -0.4 is 25.0 Å². The smallest absolute Gasteiger partial charge is 0.255 e.